The van der Waals surface area contributed by atoms with Gasteiger partial charge in [0.25, 0.3) is 0 Å². The predicted molar refractivity (Wildman–Crippen MR) is 129 cm³/mol. The highest BCUT2D eigenvalue weighted by Gasteiger charge is 2.45. The minimum absolute atomic E-state index is 0.0199. The van der Waals surface area contributed by atoms with Crippen LogP contribution < -0.4 is 10.4 Å². The Bertz CT molecular complexity index is 1680. The molecule has 0 aliphatic carbocycles. The predicted octanol–water partition coefficient (Wildman–Crippen LogP) is 3.92. The molecule has 2 aromatic heterocycles. The molecule has 1 aliphatic heterocycles. The summed E-state index contributed by atoms with van der Waals surface area (Å²) >= 11 is 0. The molecule has 1 saturated heterocycles. The molecule has 0 spiro atoms. The SMILES string of the molecule is CC1(CC(=O)c2cnc3c(c2)n(-c2ccc(F)cc2)c(=O)n3-c2cccc(OC(F)F)c2)CS(=O)(=O)C1. The van der Waals surface area contributed by atoms with E-state index in [-0.39, 0.29) is 51.9 Å². The topological polar surface area (TPSA) is 100 Å². The van der Waals surface area contributed by atoms with Crippen LogP contribution in [0.25, 0.3) is 22.5 Å². The Morgan fingerprint density at radius 2 is 1.78 bits per heavy atom. The second kappa shape index (κ2) is 8.87. The molecule has 0 bridgehead atoms. The van der Waals surface area contributed by atoms with Gasteiger partial charge in [0.15, 0.2) is 21.3 Å². The lowest BCUT2D eigenvalue weighted by Crippen LogP contribution is -2.47. The molecule has 5 rings (SSSR count). The lowest BCUT2D eigenvalue weighted by molar-refractivity contribution is -0.0498. The molecule has 1 fully saturated rings. The Hall–Kier alpha value is -3.93. The number of nitrogens with zero attached hydrogens (tertiary/aromatic N) is 3. The normalized spacial score (nSPS) is 16.0. The number of pyridine rings is 1. The van der Waals surface area contributed by atoms with Gasteiger partial charge in [-0.2, -0.15) is 8.78 Å². The van der Waals surface area contributed by atoms with Crippen molar-refractivity contribution in [2.75, 3.05) is 11.5 Å². The fourth-order valence-corrected chi connectivity index (χ4v) is 6.95. The highest BCUT2D eigenvalue weighted by Crippen LogP contribution is 2.37. The van der Waals surface area contributed by atoms with Crippen molar-refractivity contribution in [3.8, 4) is 17.1 Å². The van der Waals surface area contributed by atoms with Crippen molar-refractivity contribution in [1.82, 2.24) is 14.1 Å². The number of Topliss-reactive ketones (excluding diaryl/α,β-unsaturated/α-hetero) is 1. The van der Waals surface area contributed by atoms with Crippen molar-refractivity contribution in [2.45, 2.75) is 20.0 Å². The Morgan fingerprint density at radius 1 is 1.08 bits per heavy atom. The number of rotatable bonds is 7. The first kappa shape index (κ1) is 24.8. The first-order chi connectivity index (χ1) is 17.4. The van der Waals surface area contributed by atoms with Gasteiger partial charge >= 0.3 is 12.3 Å². The summed E-state index contributed by atoms with van der Waals surface area (Å²) < 4.78 is 69.2. The molecule has 2 aromatic carbocycles. The molecule has 37 heavy (non-hydrogen) atoms. The number of imidazole rings is 1. The Balaban J connectivity index is 1.65. The molecule has 3 heterocycles. The third kappa shape index (κ3) is 4.76. The van der Waals surface area contributed by atoms with Gasteiger partial charge in [0.1, 0.15) is 11.6 Å². The van der Waals surface area contributed by atoms with Gasteiger partial charge in [0, 0.05) is 29.7 Å². The van der Waals surface area contributed by atoms with E-state index in [0.717, 1.165) is 0 Å². The number of sulfone groups is 1. The van der Waals surface area contributed by atoms with Crippen LogP contribution in [0.5, 0.6) is 5.75 Å². The molecule has 8 nitrogen and oxygen atoms in total. The number of carbonyl (C=O) groups is 1. The van der Waals surface area contributed by atoms with Crippen LogP contribution in [-0.2, 0) is 9.84 Å². The zero-order valence-electron chi connectivity index (χ0n) is 19.4. The van der Waals surface area contributed by atoms with Crippen LogP contribution in [0.3, 0.4) is 0 Å². The second-order valence-electron chi connectivity index (χ2n) is 9.32. The van der Waals surface area contributed by atoms with E-state index >= 15 is 0 Å². The Labute approximate surface area is 208 Å². The summed E-state index contributed by atoms with van der Waals surface area (Å²) in [5, 5.41) is 0. The van der Waals surface area contributed by atoms with Gasteiger partial charge < -0.3 is 4.74 Å². The van der Waals surface area contributed by atoms with E-state index in [1.165, 1.54) is 69.9 Å². The highest BCUT2D eigenvalue weighted by molar-refractivity contribution is 7.92. The maximum atomic E-state index is 13.6. The van der Waals surface area contributed by atoms with Gasteiger partial charge in [-0.15, -0.1) is 0 Å². The number of ether oxygens (including phenoxy) is 1. The van der Waals surface area contributed by atoms with E-state index in [1.807, 2.05) is 0 Å². The third-order valence-electron chi connectivity index (χ3n) is 6.11. The number of hydrogen-bond donors (Lipinski definition) is 0. The molecule has 12 heteroatoms. The first-order valence-corrected chi connectivity index (χ1v) is 13.0. The fraction of sp³-hybridized carbons (Fsp3) is 0.240. The fourth-order valence-electron chi connectivity index (χ4n) is 4.71. The minimum atomic E-state index is -3.15. The van der Waals surface area contributed by atoms with Crippen molar-refractivity contribution in [1.29, 1.82) is 0 Å². The summed E-state index contributed by atoms with van der Waals surface area (Å²) in [5.41, 5.74) is -0.331. The molecule has 0 N–H and O–H groups in total. The zero-order chi connectivity index (χ0) is 26.5. The van der Waals surface area contributed by atoms with Crippen molar-refractivity contribution >= 4 is 26.8 Å². The molecule has 0 saturated carbocycles. The van der Waals surface area contributed by atoms with E-state index in [4.69, 9.17) is 0 Å². The van der Waals surface area contributed by atoms with Crippen LogP contribution in [0.4, 0.5) is 13.2 Å². The molecule has 4 aromatic rings. The van der Waals surface area contributed by atoms with Gasteiger partial charge in [0.05, 0.1) is 28.4 Å². The molecule has 0 unspecified atom stereocenters. The van der Waals surface area contributed by atoms with E-state index in [0.29, 0.717) is 5.69 Å². The number of aromatic nitrogens is 3. The molecule has 1 aliphatic rings. The standard InChI is InChI=1S/C25H20F3N3O5S/c1-25(13-37(34,35)14-25)11-21(32)15-9-20-22(29-12-15)31(18-3-2-4-19(10-18)36-23(27)28)24(33)30(20)17-7-5-16(26)6-8-17/h2-10,12,23H,11,13-14H2,1H3. The number of alkyl halides is 2. The van der Waals surface area contributed by atoms with Crippen molar-refractivity contribution in [2.24, 2.45) is 5.41 Å². The number of ketones is 1. The molecular formula is C25H20F3N3O5S. The van der Waals surface area contributed by atoms with E-state index < -0.39 is 33.4 Å². The Morgan fingerprint density at radius 3 is 2.43 bits per heavy atom. The largest absolute Gasteiger partial charge is 0.435 e. The van der Waals surface area contributed by atoms with Crippen molar-refractivity contribution in [3.63, 3.8) is 0 Å². The summed E-state index contributed by atoms with van der Waals surface area (Å²) in [6.45, 7) is -1.34. The quantitative estimate of drug-likeness (QED) is 0.335. The maximum absolute atomic E-state index is 13.6. The van der Waals surface area contributed by atoms with Crippen molar-refractivity contribution in [3.05, 3.63) is 82.7 Å². The van der Waals surface area contributed by atoms with Gasteiger partial charge in [-0.1, -0.05) is 13.0 Å². The molecule has 0 atom stereocenters. The van der Waals surface area contributed by atoms with E-state index in [1.54, 1.807) is 6.92 Å². The zero-order valence-corrected chi connectivity index (χ0v) is 20.2. The van der Waals surface area contributed by atoms with E-state index in [2.05, 4.69) is 9.72 Å². The van der Waals surface area contributed by atoms with E-state index in [9.17, 15) is 31.2 Å². The number of benzene rings is 2. The summed E-state index contributed by atoms with van der Waals surface area (Å²) in [4.78, 5) is 31.0. The van der Waals surface area contributed by atoms with Crippen LogP contribution in [0, 0.1) is 11.2 Å². The van der Waals surface area contributed by atoms with Crippen LogP contribution in [0.1, 0.15) is 23.7 Å². The second-order valence-corrected chi connectivity index (χ2v) is 11.4. The number of carbonyl (C=O) groups excluding carboxylic acids is 1. The first-order valence-electron chi connectivity index (χ1n) is 11.1. The van der Waals surface area contributed by atoms with Crippen LogP contribution >= 0.6 is 0 Å². The maximum Gasteiger partial charge on any atom is 0.387 e. The molecular weight excluding hydrogens is 511 g/mol. The number of fused-ring (bicyclic) bond motifs is 1. The minimum Gasteiger partial charge on any atom is -0.435 e. The van der Waals surface area contributed by atoms with Gasteiger partial charge in [-0.3, -0.25) is 9.36 Å². The highest BCUT2D eigenvalue weighted by atomic mass is 32.2. The summed E-state index contributed by atoms with van der Waals surface area (Å²) in [7, 11) is -3.15. The lowest BCUT2D eigenvalue weighted by Gasteiger charge is -2.37. The Kier molecular flexibility index (Phi) is 5.94. The summed E-state index contributed by atoms with van der Waals surface area (Å²) in [5.74, 6) is -1.21. The van der Waals surface area contributed by atoms with Gasteiger partial charge in [0.2, 0.25) is 0 Å². The average Bonchev–Trinajstić information content (AvgIpc) is 3.08. The molecule has 192 valence electrons. The van der Waals surface area contributed by atoms with Crippen LogP contribution in [0.2, 0.25) is 0 Å². The van der Waals surface area contributed by atoms with Gasteiger partial charge in [-0.25, -0.2) is 27.2 Å². The smallest absolute Gasteiger partial charge is 0.387 e. The summed E-state index contributed by atoms with van der Waals surface area (Å²) in [6, 6.07) is 12.1. The lowest BCUT2D eigenvalue weighted by atomic mass is 9.86. The monoisotopic (exact) mass is 531 g/mol. The number of halogens is 3. The van der Waals surface area contributed by atoms with Crippen molar-refractivity contribution < 1.29 is 31.1 Å². The average molecular weight is 532 g/mol. The summed E-state index contributed by atoms with van der Waals surface area (Å²) in [6.07, 6.45) is 1.26. The van der Waals surface area contributed by atoms with Crippen LogP contribution in [-0.4, -0.2) is 46.4 Å². The molecule has 0 amide bonds. The molecule has 0 radical (unpaired) electrons. The van der Waals surface area contributed by atoms with Crippen LogP contribution in [0.15, 0.2) is 65.6 Å². The number of hydrogen-bond acceptors (Lipinski definition) is 6. The van der Waals surface area contributed by atoms with Gasteiger partial charge in [-0.05, 0) is 42.5 Å². The third-order valence-corrected chi connectivity index (χ3v) is 8.39.